The van der Waals surface area contributed by atoms with Crippen LogP contribution in [0, 0.1) is 6.92 Å². The fourth-order valence-electron chi connectivity index (χ4n) is 4.57. The van der Waals surface area contributed by atoms with Crippen LogP contribution in [0.15, 0.2) is 107 Å². The van der Waals surface area contributed by atoms with Crippen LogP contribution in [0.2, 0.25) is 5.02 Å². The second-order valence-corrected chi connectivity index (χ2v) is 10.3. The number of aromatic nitrogens is 2. The molecule has 0 spiro atoms. The van der Waals surface area contributed by atoms with Crippen LogP contribution in [0.25, 0.3) is 22.2 Å². The average molecular weight is 554 g/mol. The fourth-order valence-corrected chi connectivity index (χ4v) is 5.00. The van der Waals surface area contributed by atoms with Gasteiger partial charge in [0.25, 0.3) is 0 Å². The summed E-state index contributed by atoms with van der Waals surface area (Å²) in [6.07, 6.45) is 0.757. The van der Waals surface area contributed by atoms with E-state index in [1.54, 1.807) is 0 Å². The molecule has 2 heterocycles. The Kier molecular flexibility index (Phi) is 6.04. The predicted molar refractivity (Wildman–Crippen MR) is 152 cm³/mol. The lowest BCUT2D eigenvalue weighted by atomic mass is 9.98. The van der Waals surface area contributed by atoms with Gasteiger partial charge in [-0.15, -0.1) is 0 Å². The number of halogens is 2. The molecule has 36 heavy (non-hydrogen) atoms. The molecule has 4 aromatic carbocycles. The van der Waals surface area contributed by atoms with Crippen LogP contribution >= 0.6 is 27.5 Å². The van der Waals surface area contributed by atoms with E-state index in [9.17, 15) is 0 Å². The highest BCUT2D eigenvalue weighted by atomic mass is 79.9. The molecule has 0 radical (unpaired) electrons. The van der Waals surface area contributed by atoms with E-state index in [1.165, 1.54) is 5.56 Å². The van der Waals surface area contributed by atoms with E-state index in [-0.39, 0.29) is 6.04 Å². The Morgan fingerprint density at radius 1 is 0.833 bits per heavy atom. The van der Waals surface area contributed by atoms with Crippen LogP contribution in [0.5, 0.6) is 0 Å². The first-order valence-corrected chi connectivity index (χ1v) is 12.9. The van der Waals surface area contributed by atoms with Crippen LogP contribution in [0.3, 0.4) is 0 Å². The summed E-state index contributed by atoms with van der Waals surface area (Å²) in [5.41, 5.74) is 7.19. The molecule has 0 bridgehead atoms. The number of hydrazone groups is 1. The minimum absolute atomic E-state index is 0.0252. The highest BCUT2D eigenvalue weighted by Gasteiger charge is 2.32. The van der Waals surface area contributed by atoms with E-state index < -0.39 is 0 Å². The van der Waals surface area contributed by atoms with E-state index in [2.05, 4.69) is 83.5 Å². The van der Waals surface area contributed by atoms with Crippen molar-refractivity contribution in [2.75, 3.05) is 5.01 Å². The van der Waals surface area contributed by atoms with Crippen molar-refractivity contribution >= 4 is 50.1 Å². The Balaban J connectivity index is 1.53. The van der Waals surface area contributed by atoms with E-state index >= 15 is 0 Å². The van der Waals surface area contributed by atoms with Crippen LogP contribution < -0.4 is 5.01 Å². The number of rotatable bonds is 4. The molecule has 0 fully saturated rings. The van der Waals surface area contributed by atoms with E-state index in [0.29, 0.717) is 11.0 Å². The number of fused-ring (bicyclic) bond motifs is 1. The Bertz CT molecular complexity index is 1580. The zero-order chi connectivity index (χ0) is 24.6. The van der Waals surface area contributed by atoms with Gasteiger partial charge in [-0.2, -0.15) is 5.10 Å². The predicted octanol–water partition coefficient (Wildman–Crippen LogP) is 8.38. The lowest BCUT2D eigenvalue weighted by molar-refractivity contribution is 0.689. The lowest BCUT2D eigenvalue weighted by Crippen LogP contribution is -2.21. The molecule has 1 aliphatic rings. The SMILES string of the molecule is Cc1ccc(C2=NN(c3nc(-c4ccccc4)c4cc(Cl)ccc4n3)C(c3ccc(Br)cc3)C2)cc1. The van der Waals surface area contributed by atoms with Gasteiger partial charge in [0.15, 0.2) is 0 Å². The molecule has 0 saturated heterocycles. The molecule has 0 amide bonds. The maximum atomic E-state index is 6.37. The molecule has 0 aliphatic carbocycles. The number of aryl methyl sites for hydroxylation is 1. The third-order valence-electron chi connectivity index (χ3n) is 6.45. The zero-order valence-electron chi connectivity index (χ0n) is 19.6. The Hall–Kier alpha value is -3.54. The number of hydrogen-bond donors (Lipinski definition) is 0. The smallest absolute Gasteiger partial charge is 0.223 e. The van der Waals surface area contributed by atoms with E-state index in [0.717, 1.165) is 49.9 Å². The second kappa shape index (κ2) is 9.49. The summed E-state index contributed by atoms with van der Waals surface area (Å²) in [6, 6.07) is 32.8. The number of nitrogens with zero attached hydrogens (tertiary/aromatic N) is 4. The summed E-state index contributed by atoms with van der Waals surface area (Å²) in [5.74, 6) is 0.568. The Morgan fingerprint density at radius 2 is 1.58 bits per heavy atom. The van der Waals surface area contributed by atoms with Crippen LogP contribution in [0.1, 0.15) is 29.2 Å². The maximum Gasteiger partial charge on any atom is 0.247 e. The van der Waals surface area contributed by atoms with Crippen molar-refractivity contribution in [3.05, 3.63) is 123 Å². The zero-order valence-corrected chi connectivity index (χ0v) is 21.9. The first kappa shape index (κ1) is 22.9. The summed E-state index contributed by atoms with van der Waals surface area (Å²) >= 11 is 9.93. The molecular weight excluding hydrogens is 532 g/mol. The van der Waals surface area contributed by atoms with Crippen molar-refractivity contribution in [3.8, 4) is 11.3 Å². The lowest BCUT2D eigenvalue weighted by Gasteiger charge is -2.23. The third-order valence-corrected chi connectivity index (χ3v) is 7.21. The quantitative estimate of drug-likeness (QED) is 0.224. The second-order valence-electron chi connectivity index (χ2n) is 8.93. The fraction of sp³-hybridized carbons (Fsp3) is 0.100. The minimum atomic E-state index is -0.0252. The standard InChI is InChI=1S/C30H22BrClN4/c1-19-7-9-20(10-8-19)27-18-28(21-11-13-23(31)14-12-21)36(35-27)30-33-26-16-15-24(32)17-25(26)29(34-30)22-5-3-2-4-6-22/h2-17,28H,18H2,1H3. The van der Waals surface area contributed by atoms with Gasteiger partial charge < -0.3 is 0 Å². The first-order chi connectivity index (χ1) is 17.5. The monoisotopic (exact) mass is 552 g/mol. The Labute approximate surface area is 223 Å². The van der Waals surface area contributed by atoms with Gasteiger partial charge in [0.05, 0.1) is 23.0 Å². The normalized spacial score (nSPS) is 15.4. The molecular formula is C30H22BrClN4. The molecule has 4 nitrogen and oxygen atoms in total. The van der Waals surface area contributed by atoms with Crippen LogP contribution in [-0.2, 0) is 0 Å². The molecule has 176 valence electrons. The van der Waals surface area contributed by atoms with Gasteiger partial charge in [0, 0.05) is 26.9 Å². The number of hydrogen-bond acceptors (Lipinski definition) is 4. The van der Waals surface area contributed by atoms with Gasteiger partial charge in [0.2, 0.25) is 5.95 Å². The van der Waals surface area contributed by atoms with Crippen molar-refractivity contribution in [3.63, 3.8) is 0 Å². The Morgan fingerprint density at radius 3 is 2.33 bits per heavy atom. The van der Waals surface area contributed by atoms with Crippen molar-refractivity contribution in [2.24, 2.45) is 5.10 Å². The highest BCUT2D eigenvalue weighted by molar-refractivity contribution is 9.10. The summed E-state index contributed by atoms with van der Waals surface area (Å²) in [6.45, 7) is 2.09. The van der Waals surface area contributed by atoms with Crippen LogP contribution in [-0.4, -0.2) is 15.7 Å². The van der Waals surface area contributed by atoms with Gasteiger partial charge in [-0.1, -0.05) is 99.8 Å². The van der Waals surface area contributed by atoms with Gasteiger partial charge >= 0.3 is 0 Å². The van der Waals surface area contributed by atoms with Crippen LogP contribution in [0.4, 0.5) is 5.95 Å². The molecule has 5 aromatic rings. The van der Waals surface area contributed by atoms with Gasteiger partial charge in [-0.05, 0) is 48.4 Å². The highest BCUT2D eigenvalue weighted by Crippen LogP contribution is 2.38. The number of anilines is 1. The molecule has 1 unspecified atom stereocenters. The third kappa shape index (κ3) is 4.41. The first-order valence-electron chi connectivity index (χ1n) is 11.8. The molecule has 0 saturated carbocycles. The molecule has 0 N–H and O–H groups in total. The van der Waals surface area contributed by atoms with Crippen molar-refractivity contribution in [1.29, 1.82) is 0 Å². The summed E-state index contributed by atoms with van der Waals surface area (Å²) in [4.78, 5) is 10.0. The van der Waals surface area contributed by atoms with Crippen molar-refractivity contribution < 1.29 is 0 Å². The molecule has 6 rings (SSSR count). The minimum Gasteiger partial charge on any atom is -0.223 e. The summed E-state index contributed by atoms with van der Waals surface area (Å²) < 4.78 is 1.04. The molecule has 6 heteroatoms. The largest absolute Gasteiger partial charge is 0.247 e. The van der Waals surface area contributed by atoms with Gasteiger partial charge in [-0.3, -0.25) is 0 Å². The van der Waals surface area contributed by atoms with Crippen molar-refractivity contribution in [2.45, 2.75) is 19.4 Å². The van der Waals surface area contributed by atoms with Gasteiger partial charge in [-0.25, -0.2) is 15.0 Å². The van der Waals surface area contributed by atoms with E-state index in [4.69, 9.17) is 26.7 Å². The average Bonchev–Trinajstić information content (AvgIpc) is 3.35. The van der Waals surface area contributed by atoms with Gasteiger partial charge in [0.1, 0.15) is 0 Å². The maximum absolute atomic E-state index is 6.37. The molecule has 1 aliphatic heterocycles. The van der Waals surface area contributed by atoms with E-state index in [1.807, 2.05) is 41.4 Å². The number of benzene rings is 4. The molecule has 1 aromatic heterocycles. The summed E-state index contributed by atoms with van der Waals surface area (Å²) in [7, 11) is 0. The molecule has 1 atom stereocenters. The summed E-state index contributed by atoms with van der Waals surface area (Å²) in [5, 5.41) is 8.63. The topological polar surface area (TPSA) is 41.4 Å². The van der Waals surface area contributed by atoms with Crippen molar-refractivity contribution in [1.82, 2.24) is 9.97 Å².